The van der Waals surface area contributed by atoms with E-state index in [1.54, 1.807) is 0 Å². The zero-order valence-corrected chi connectivity index (χ0v) is 14.4. The van der Waals surface area contributed by atoms with Crippen molar-refractivity contribution in [3.8, 4) is 0 Å². The number of aromatic nitrogens is 1. The average Bonchev–Trinajstić information content (AvgIpc) is 2.49. The van der Waals surface area contributed by atoms with Crippen molar-refractivity contribution in [3.63, 3.8) is 0 Å². The fourth-order valence-electron chi connectivity index (χ4n) is 2.25. The van der Waals surface area contributed by atoms with Gasteiger partial charge in [0.05, 0.1) is 5.69 Å². The summed E-state index contributed by atoms with van der Waals surface area (Å²) in [5, 5.41) is 2.93. The number of carbonyl (C=O) groups excluding carboxylic acids is 1. The van der Waals surface area contributed by atoms with Gasteiger partial charge in [0.2, 0.25) is 5.24 Å². The van der Waals surface area contributed by atoms with Crippen LogP contribution in [0, 0.1) is 12.3 Å². The summed E-state index contributed by atoms with van der Waals surface area (Å²) in [6, 6.07) is 11.8. The molecule has 1 heterocycles. The lowest BCUT2D eigenvalue weighted by Gasteiger charge is -2.19. The van der Waals surface area contributed by atoms with Gasteiger partial charge in [-0.25, -0.2) is 4.98 Å². The minimum Gasteiger partial charge on any atom is -0.396 e. The lowest BCUT2D eigenvalue weighted by molar-refractivity contribution is -0.118. The molecule has 1 aromatic heterocycles. The molecule has 0 aliphatic rings. The first-order valence-corrected chi connectivity index (χ1v) is 7.90. The van der Waals surface area contributed by atoms with Gasteiger partial charge in [-0.3, -0.25) is 4.79 Å². The number of nitrogens with zero attached hydrogens (tertiary/aromatic N) is 1. The first-order chi connectivity index (χ1) is 10.8. The monoisotopic (exact) mass is 331 g/mol. The smallest absolute Gasteiger partial charge is 0.227 e. The van der Waals surface area contributed by atoms with Crippen LogP contribution in [-0.4, -0.2) is 10.2 Å². The molecule has 2 aromatic rings. The number of anilines is 2. The number of aryl methyl sites for hydroxylation is 1. The highest BCUT2D eigenvalue weighted by Gasteiger charge is 2.25. The second-order valence-electron chi connectivity index (χ2n) is 6.39. The molecule has 0 spiro atoms. The van der Waals surface area contributed by atoms with Crippen LogP contribution in [0.25, 0.3) is 0 Å². The maximum absolute atomic E-state index is 11.4. The van der Waals surface area contributed by atoms with Crippen molar-refractivity contribution in [1.82, 2.24) is 4.98 Å². The standard InChI is InChI=1S/C18H22ClN3O/c1-12-4-9-15(20)16(22-12)21-11-14-7-5-13(6-8-14)10-18(2,3)17(19)23/h4-9H,10-11,20H2,1-3H3,(H,21,22). The lowest BCUT2D eigenvalue weighted by Crippen LogP contribution is -2.22. The normalized spacial score (nSPS) is 11.3. The van der Waals surface area contributed by atoms with Crippen molar-refractivity contribution >= 4 is 28.3 Å². The predicted octanol–water partition coefficient (Wildman–Crippen LogP) is 3.92. The lowest BCUT2D eigenvalue weighted by atomic mass is 9.87. The maximum Gasteiger partial charge on any atom is 0.227 e. The van der Waals surface area contributed by atoms with E-state index in [9.17, 15) is 4.79 Å². The Kier molecular flexibility index (Phi) is 5.26. The van der Waals surface area contributed by atoms with Gasteiger partial charge in [-0.05, 0) is 48.2 Å². The molecule has 0 aliphatic carbocycles. The van der Waals surface area contributed by atoms with Crippen LogP contribution in [0.4, 0.5) is 11.5 Å². The van der Waals surface area contributed by atoms with Crippen LogP contribution in [0.2, 0.25) is 0 Å². The van der Waals surface area contributed by atoms with E-state index in [0.717, 1.165) is 16.8 Å². The molecule has 0 unspecified atom stereocenters. The van der Waals surface area contributed by atoms with Gasteiger partial charge in [-0.15, -0.1) is 0 Å². The average molecular weight is 332 g/mol. The summed E-state index contributed by atoms with van der Waals surface area (Å²) < 4.78 is 0. The quantitative estimate of drug-likeness (QED) is 0.787. The third kappa shape index (κ3) is 4.70. The molecule has 0 fully saturated rings. The first-order valence-electron chi connectivity index (χ1n) is 7.53. The minimum absolute atomic E-state index is 0.316. The summed E-state index contributed by atoms with van der Waals surface area (Å²) in [4.78, 5) is 15.8. The van der Waals surface area contributed by atoms with E-state index in [4.69, 9.17) is 17.3 Å². The Morgan fingerprint density at radius 3 is 2.39 bits per heavy atom. The highest BCUT2D eigenvalue weighted by Crippen LogP contribution is 2.25. The van der Waals surface area contributed by atoms with Crippen molar-refractivity contribution in [3.05, 3.63) is 53.2 Å². The van der Waals surface area contributed by atoms with Crippen LogP contribution in [0.15, 0.2) is 36.4 Å². The number of hydrogen-bond donors (Lipinski definition) is 2. The van der Waals surface area contributed by atoms with E-state index in [1.165, 1.54) is 0 Å². The molecule has 0 saturated heterocycles. The Balaban J connectivity index is 2.00. The second kappa shape index (κ2) is 7.01. The van der Waals surface area contributed by atoms with Crippen molar-refractivity contribution in [2.24, 2.45) is 5.41 Å². The number of hydrogen-bond acceptors (Lipinski definition) is 4. The molecule has 4 nitrogen and oxygen atoms in total. The van der Waals surface area contributed by atoms with Gasteiger partial charge in [0.15, 0.2) is 0 Å². The molecule has 0 radical (unpaired) electrons. The highest BCUT2D eigenvalue weighted by atomic mass is 35.5. The van der Waals surface area contributed by atoms with Crippen LogP contribution in [0.1, 0.15) is 30.7 Å². The van der Waals surface area contributed by atoms with Crippen LogP contribution in [-0.2, 0) is 17.8 Å². The second-order valence-corrected chi connectivity index (χ2v) is 6.74. The zero-order valence-electron chi connectivity index (χ0n) is 13.7. The molecular weight excluding hydrogens is 310 g/mol. The summed E-state index contributed by atoms with van der Waals surface area (Å²) in [6.45, 7) is 6.27. The summed E-state index contributed by atoms with van der Waals surface area (Å²) >= 11 is 5.63. The van der Waals surface area contributed by atoms with Crippen LogP contribution in [0.5, 0.6) is 0 Å². The van der Waals surface area contributed by atoms with E-state index < -0.39 is 5.41 Å². The molecule has 0 aliphatic heterocycles. The molecule has 2 rings (SSSR count). The first kappa shape index (κ1) is 17.3. The Bertz CT molecular complexity index is 696. The Hall–Kier alpha value is -2.07. The Morgan fingerprint density at radius 2 is 1.78 bits per heavy atom. The predicted molar refractivity (Wildman–Crippen MR) is 95.5 cm³/mol. The number of rotatable bonds is 6. The fraction of sp³-hybridized carbons (Fsp3) is 0.333. The molecule has 3 N–H and O–H groups in total. The van der Waals surface area contributed by atoms with Crippen LogP contribution >= 0.6 is 11.6 Å². The number of nitrogen functional groups attached to an aromatic ring is 1. The molecular formula is C18H22ClN3O. The summed E-state index contributed by atoms with van der Waals surface area (Å²) in [6.07, 6.45) is 0.620. The van der Waals surface area contributed by atoms with Gasteiger partial charge in [-0.1, -0.05) is 38.1 Å². The van der Waals surface area contributed by atoms with Crippen LogP contribution < -0.4 is 11.1 Å². The van der Waals surface area contributed by atoms with Gasteiger partial charge in [0.1, 0.15) is 5.82 Å². The molecule has 5 heteroatoms. The van der Waals surface area contributed by atoms with Crippen molar-refractivity contribution in [2.75, 3.05) is 11.1 Å². The molecule has 1 aromatic carbocycles. The van der Waals surface area contributed by atoms with Gasteiger partial charge in [0.25, 0.3) is 0 Å². The van der Waals surface area contributed by atoms with E-state index >= 15 is 0 Å². The van der Waals surface area contributed by atoms with E-state index in [1.807, 2.05) is 57.2 Å². The largest absolute Gasteiger partial charge is 0.396 e. The summed E-state index contributed by atoms with van der Waals surface area (Å²) in [5.74, 6) is 0.697. The van der Waals surface area contributed by atoms with Crippen molar-refractivity contribution < 1.29 is 4.79 Å². The molecule has 0 saturated carbocycles. The van der Waals surface area contributed by atoms with Gasteiger partial charge >= 0.3 is 0 Å². The van der Waals surface area contributed by atoms with E-state index in [0.29, 0.717) is 24.5 Å². The molecule has 23 heavy (non-hydrogen) atoms. The van der Waals surface area contributed by atoms with E-state index in [2.05, 4.69) is 10.3 Å². The molecule has 0 atom stereocenters. The molecule has 122 valence electrons. The fourth-order valence-corrected chi connectivity index (χ4v) is 2.32. The van der Waals surface area contributed by atoms with Gasteiger partial charge in [0, 0.05) is 17.7 Å². The number of halogens is 1. The molecule has 0 bridgehead atoms. The highest BCUT2D eigenvalue weighted by molar-refractivity contribution is 6.64. The Labute approximate surface area is 142 Å². The number of nitrogens with one attached hydrogen (secondary N) is 1. The topological polar surface area (TPSA) is 68.0 Å². The van der Waals surface area contributed by atoms with Crippen LogP contribution in [0.3, 0.4) is 0 Å². The zero-order chi connectivity index (χ0) is 17.0. The number of pyridine rings is 1. The van der Waals surface area contributed by atoms with Crippen molar-refractivity contribution in [1.29, 1.82) is 0 Å². The number of nitrogens with two attached hydrogens (primary N) is 1. The minimum atomic E-state index is -0.554. The third-order valence-corrected chi connectivity index (χ3v) is 4.24. The van der Waals surface area contributed by atoms with Gasteiger partial charge < -0.3 is 11.1 Å². The maximum atomic E-state index is 11.4. The van der Waals surface area contributed by atoms with Gasteiger partial charge in [-0.2, -0.15) is 0 Å². The number of benzene rings is 1. The third-order valence-electron chi connectivity index (χ3n) is 3.73. The summed E-state index contributed by atoms with van der Waals surface area (Å²) in [5.41, 5.74) is 9.11. The van der Waals surface area contributed by atoms with E-state index in [-0.39, 0.29) is 5.24 Å². The Morgan fingerprint density at radius 1 is 1.17 bits per heavy atom. The summed E-state index contributed by atoms with van der Waals surface area (Å²) in [7, 11) is 0. The molecule has 0 amide bonds. The number of carbonyl (C=O) groups is 1. The van der Waals surface area contributed by atoms with Crippen molar-refractivity contribution in [2.45, 2.75) is 33.7 Å². The SMILES string of the molecule is Cc1ccc(N)c(NCc2ccc(CC(C)(C)C(=O)Cl)cc2)n1.